The molecule has 0 aliphatic heterocycles. The van der Waals surface area contributed by atoms with E-state index in [1.165, 1.54) is 6.20 Å². The molecule has 1 amide bonds. The van der Waals surface area contributed by atoms with Gasteiger partial charge in [-0.1, -0.05) is 6.07 Å². The van der Waals surface area contributed by atoms with Crippen LogP contribution in [0.25, 0.3) is 0 Å². The van der Waals surface area contributed by atoms with E-state index in [9.17, 15) is 14.4 Å². The number of amides is 1. The Hall–Kier alpha value is -2.70. The summed E-state index contributed by atoms with van der Waals surface area (Å²) in [5.41, 5.74) is -1.49. The third-order valence-corrected chi connectivity index (χ3v) is 1.91. The second-order valence-corrected chi connectivity index (χ2v) is 3.17. The van der Waals surface area contributed by atoms with Crippen molar-refractivity contribution in [1.29, 1.82) is 0 Å². The number of aromatic amines is 2. The topological polar surface area (TPSA) is 108 Å². The van der Waals surface area contributed by atoms with Crippen LogP contribution in [-0.4, -0.2) is 20.9 Å². The minimum atomic E-state index is -0.733. The van der Waals surface area contributed by atoms with E-state index in [0.717, 1.165) is 6.07 Å². The summed E-state index contributed by atoms with van der Waals surface area (Å²) in [4.78, 5) is 41.7. The highest BCUT2D eigenvalue weighted by molar-refractivity contribution is 6.02. The number of rotatable bonds is 2. The van der Waals surface area contributed by atoms with E-state index in [-0.39, 0.29) is 5.69 Å². The van der Waals surface area contributed by atoms with E-state index in [1.807, 2.05) is 4.98 Å². The maximum Gasteiger partial charge on any atom is 0.326 e. The fourth-order valence-corrected chi connectivity index (χ4v) is 1.21. The number of pyridine rings is 1. The third-order valence-electron chi connectivity index (χ3n) is 1.91. The van der Waals surface area contributed by atoms with Crippen molar-refractivity contribution in [3.05, 3.63) is 57.0 Å². The molecule has 17 heavy (non-hydrogen) atoms. The number of hydrogen-bond acceptors (Lipinski definition) is 4. The fraction of sp³-hybridized carbons (Fsp3) is 0. The number of carbonyl (C=O) groups excluding carboxylic acids is 1. The van der Waals surface area contributed by atoms with Gasteiger partial charge in [-0.15, -0.1) is 0 Å². The summed E-state index contributed by atoms with van der Waals surface area (Å²) in [5, 5.41) is 2.44. The molecule has 2 aromatic rings. The molecule has 86 valence electrons. The molecule has 0 unspecified atom stereocenters. The van der Waals surface area contributed by atoms with E-state index in [0.29, 0.717) is 5.82 Å². The summed E-state index contributed by atoms with van der Waals surface area (Å²) in [6.07, 6.45) is 1.51. The van der Waals surface area contributed by atoms with Gasteiger partial charge in [-0.25, -0.2) is 9.78 Å². The molecule has 0 fully saturated rings. The monoisotopic (exact) mass is 232 g/mol. The van der Waals surface area contributed by atoms with Gasteiger partial charge in [-0.2, -0.15) is 0 Å². The maximum atomic E-state index is 11.6. The second kappa shape index (κ2) is 4.44. The number of nitrogens with zero attached hydrogens (tertiary/aromatic N) is 1. The Morgan fingerprint density at radius 3 is 2.71 bits per heavy atom. The normalized spacial score (nSPS) is 9.88. The summed E-state index contributed by atoms with van der Waals surface area (Å²) in [5.74, 6) is -0.273. The molecule has 7 heteroatoms. The molecular weight excluding hydrogens is 224 g/mol. The Morgan fingerprint density at radius 2 is 2.06 bits per heavy atom. The number of nitrogens with one attached hydrogen (secondary N) is 3. The molecule has 3 N–H and O–H groups in total. The van der Waals surface area contributed by atoms with Crippen LogP contribution in [0.15, 0.2) is 40.1 Å². The lowest BCUT2D eigenvalue weighted by atomic mass is 10.3. The van der Waals surface area contributed by atoms with Gasteiger partial charge in [-0.3, -0.25) is 14.6 Å². The fourth-order valence-electron chi connectivity index (χ4n) is 1.21. The van der Waals surface area contributed by atoms with Gasteiger partial charge in [0.1, 0.15) is 11.5 Å². The Morgan fingerprint density at radius 1 is 1.24 bits per heavy atom. The Bertz CT molecular complexity index is 616. The number of hydrogen-bond donors (Lipinski definition) is 3. The summed E-state index contributed by atoms with van der Waals surface area (Å²) < 4.78 is 0. The molecule has 2 heterocycles. The highest BCUT2D eigenvalue weighted by Crippen LogP contribution is 2.01. The quantitative estimate of drug-likeness (QED) is 0.661. The van der Waals surface area contributed by atoms with Gasteiger partial charge in [-0.05, 0) is 12.1 Å². The van der Waals surface area contributed by atoms with Crippen LogP contribution in [0, 0.1) is 0 Å². The highest BCUT2D eigenvalue weighted by Gasteiger charge is 2.08. The molecule has 0 aliphatic rings. The summed E-state index contributed by atoms with van der Waals surface area (Å²) in [7, 11) is 0. The van der Waals surface area contributed by atoms with Gasteiger partial charge >= 0.3 is 5.69 Å². The lowest BCUT2D eigenvalue weighted by molar-refractivity contribution is 0.102. The van der Waals surface area contributed by atoms with Gasteiger partial charge in [0.2, 0.25) is 0 Å². The Labute approximate surface area is 94.5 Å². The molecular formula is C10H8N4O3. The van der Waals surface area contributed by atoms with Gasteiger partial charge in [0.25, 0.3) is 11.5 Å². The standard InChI is InChI=1S/C10H8N4O3/c15-8-5-6(12-10(17)14-8)9(16)13-7-3-1-2-4-11-7/h1-5H,(H,11,13,16)(H2,12,14,15,17). The smallest absolute Gasteiger partial charge is 0.305 e. The van der Waals surface area contributed by atoms with Crippen molar-refractivity contribution in [2.24, 2.45) is 0 Å². The first-order valence-electron chi connectivity index (χ1n) is 4.71. The zero-order valence-electron chi connectivity index (χ0n) is 8.56. The van der Waals surface area contributed by atoms with E-state index < -0.39 is 17.2 Å². The zero-order valence-corrected chi connectivity index (χ0v) is 8.56. The molecule has 0 aromatic carbocycles. The van der Waals surface area contributed by atoms with Crippen LogP contribution in [0.3, 0.4) is 0 Å². The van der Waals surface area contributed by atoms with Crippen molar-refractivity contribution < 1.29 is 4.79 Å². The lowest BCUT2D eigenvalue weighted by Crippen LogP contribution is -2.27. The molecule has 2 aromatic heterocycles. The van der Waals surface area contributed by atoms with Gasteiger partial charge < -0.3 is 10.3 Å². The number of anilines is 1. The van der Waals surface area contributed by atoms with Crippen LogP contribution in [-0.2, 0) is 0 Å². The summed E-state index contributed by atoms with van der Waals surface area (Å²) >= 11 is 0. The maximum absolute atomic E-state index is 11.6. The number of H-pyrrole nitrogens is 2. The van der Waals surface area contributed by atoms with E-state index in [4.69, 9.17) is 0 Å². The molecule has 0 atom stereocenters. The number of carbonyl (C=O) groups is 1. The van der Waals surface area contributed by atoms with Gasteiger partial charge in [0, 0.05) is 12.3 Å². The van der Waals surface area contributed by atoms with Crippen molar-refractivity contribution in [3.63, 3.8) is 0 Å². The minimum Gasteiger partial charge on any atom is -0.305 e. The number of aromatic nitrogens is 3. The zero-order chi connectivity index (χ0) is 12.3. The van der Waals surface area contributed by atoms with E-state index in [1.54, 1.807) is 18.2 Å². The first-order chi connectivity index (χ1) is 8.15. The molecule has 7 nitrogen and oxygen atoms in total. The largest absolute Gasteiger partial charge is 0.326 e. The minimum absolute atomic E-state index is 0.121. The first kappa shape index (κ1) is 10.8. The lowest BCUT2D eigenvalue weighted by Gasteiger charge is -2.02. The molecule has 0 saturated carbocycles. The highest BCUT2D eigenvalue weighted by atomic mass is 16.2. The molecule has 0 saturated heterocycles. The molecule has 0 radical (unpaired) electrons. The molecule has 2 rings (SSSR count). The van der Waals surface area contributed by atoms with Crippen LogP contribution in [0.1, 0.15) is 10.5 Å². The van der Waals surface area contributed by atoms with Crippen molar-refractivity contribution >= 4 is 11.7 Å². The average Bonchev–Trinajstić information content (AvgIpc) is 2.29. The van der Waals surface area contributed by atoms with Crippen LogP contribution in [0.5, 0.6) is 0 Å². The van der Waals surface area contributed by atoms with Crippen molar-refractivity contribution in [3.8, 4) is 0 Å². The van der Waals surface area contributed by atoms with Crippen molar-refractivity contribution in [2.45, 2.75) is 0 Å². The van der Waals surface area contributed by atoms with Gasteiger partial charge in [0.15, 0.2) is 0 Å². The summed E-state index contributed by atoms with van der Waals surface area (Å²) in [6, 6.07) is 5.98. The second-order valence-electron chi connectivity index (χ2n) is 3.17. The van der Waals surface area contributed by atoms with E-state index >= 15 is 0 Å². The van der Waals surface area contributed by atoms with Crippen LogP contribution in [0.4, 0.5) is 5.82 Å². The molecule has 0 spiro atoms. The third kappa shape index (κ3) is 2.65. The predicted molar refractivity (Wildman–Crippen MR) is 59.9 cm³/mol. The predicted octanol–water partition coefficient (Wildman–Crippen LogP) is -0.290. The van der Waals surface area contributed by atoms with Crippen molar-refractivity contribution in [1.82, 2.24) is 15.0 Å². The summed E-state index contributed by atoms with van der Waals surface area (Å²) in [6.45, 7) is 0. The average molecular weight is 232 g/mol. The molecule has 0 bridgehead atoms. The van der Waals surface area contributed by atoms with Crippen LogP contribution in [0.2, 0.25) is 0 Å². The SMILES string of the molecule is O=C(Nc1ccccn1)c1cc(=O)[nH]c(=O)[nH]1. The molecule has 0 aliphatic carbocycles. The van der Waals surface area contributed by atoms with Crippen LogP contribution >= 0.6 is 0 Å². The van der Waals surface area contributed by atoms with Crippen LogP contribution < -0.4 is 16.6 Å². The Balaban J connectivity index is 2.26. The Kier molecular flexibility index (Phi) is 2.82. The van der Waals surface area contributed by atoms with E-state index in [2.05, 4.69) is 15.3 Å². The van der Waals surface area contributed by atoms with Gasteiger partial charge in [0.05, 0.1) is 0 Å². The first-order valence-corrected chi connectivity index (χ1v) is 4.71. The van der Waals surface area contributed by atoms with Crippen molar-refractivity contribution in [2.75, 3.05) is 5.32 Å².